The minimum absolute atomic E-state index is 0.0765. The maximum absolute atomic E-state index is 12.7. The van der Waals surface area contributed by atoms with Gasteiger partial charge in [-0.25, -0.2) is 0 Å². The van der Waals surface area contributed by atoms with Gasteiger partial charge in [0, 0.05) is 12.1 Å². The van der Waals surface area contributed by atoms with Crippen LogP contribution in [0.5, 0.6) is 5.75 Å². The lowest BCUT2D eigenvalue weighted by molar-refractivity contribution is -0.138. The van der Waals surface area contributed by atoms with E-state index in [0.717, 1.165) is 6.07 Å². The van der Waals surface area contributed by atoms with Crippen molar-refractivity contribution in [3.05, 3.63) is 29.8 Å². The summed E-state index contributed by atoms with van der Waals surface area (Å²) in [5.41, 5.74) is -0.812. The first-order valence-electron chi connectivity index (χ1n) is 5.74. The molecule has 0 amide bonds. The SMILES string of the molecule is CC(C)(C)NCCOc1ccccc1C(F)(F)F. The summed E-state index contributed by atoms with van der Waals surface area (Å²) in [6.45, 7) is 6.64. The highest BCUT2D eigenvalue weighted by atomic mass is 19.4. The van der Waals surface area contributed by atoms with E-state index in [1.807, 2.05) is 20.8 Å². The highest BCUT2D eigenvalue weighted by molar-refractivity contribution is 5.35. The maximum Gasteiger partial charge on any atom is 0.419 e. The molecule has 2 nitrogen and oxygen atoms in total. The van der Waals surface area contributed by atoms with E-state index in [9.17, 15) is 13.2 Å². The third kappa shape index (κ3) is 4.96. The van der Waals surface area contributed by atoms with E-state index in [0.29, 0.717) is 6.54 Å². The first kappa shape index (κ1) is 14.8. The van der Waals surface area contributed by atoms with Gasteiger partial charge in [0.05, 0.1) is 5.56 Å². The van der Waals surface area contributed by atoms with Crippen molar-refractivity contribution in [2.24, 2.45) is 0 Å². The van der Waals surface area contributed by atoms with Crippen LogP contribution in [0.2, 0.25) is 0 Å². The summed E-state index contributed by atoms with van der Waals surface area (Å²) in [5.74, 6) is -0.124. The molecule has 18 heavy (non-hydrogen) atoms. The van der Waals surface area contributed by atoms with Crippen LogP contribution < -0.4 is 10.1 Å². The van der Waals surface area contributed by atoms with Crippen molar-refractivity contribution in [2.75, 3.05) is 13.2 Å². The van der Waals surface area contributed by atoms with Crippen molar-refractivity contribution in [1.29, 1.82) is 0 Å². The lowest BCUT2D eigenvalue weighted by Crippen LogP contribution is -2.38. The van der Waals surface area contributed by atoms with Gasteiger partial charge in [0.15, 0.2) is 0 Å². The third-order valence-electron chi connectivity index (χ3n) is 2.21. The number of hydrogen-bond donors (Lipinski definition) is 1. The zero-order valence-electron chi connectivity index (χ0n) is 10.8. The topological polar surface area (TPSA) is 21.3 Å². The van der Waals surface area contributed by atoms with Gasteiger partial charge in [-0.3, -0.25) is 0 Å². The second-order valence-electron chi connectivity index (χ2n) is 5.02. The van der Waals surface area contributed by atoms with Crippen molar-refractivity contribution >= 4 is 0 Å². The monoisotopic (exact) mass is 261 g/mol. The Morgan fingerprint density at radius 2 is 1.72 bits per heavy atom. The first-order chi connectivity index (χ1) is 8.20. The van der Waals surface area contributed by atoms with E-state index in [1.165, 1.54) is 18.2 Å². The molecule has 5 heteroatoms. The van der Waals surface area contributed by atoms with Crippen LogP contribution in [-0.4, -0.2) is 18.7 Å². The Labute approximate surface area is 105 Å². The van der Waals surface area contributed by atoms with Crippen molar-refractivity contribution in [3.63, 3.8) is 0 Å². The van der Waals surface area contributed by atoms with E-state index in [1.54, 1.807) is 0 Å². The lowest BCUT2D eigenvalue weighted by atomic mass is 10.1. The Kier molecular flexibility index (Phi) is 4.62. The average Bonchev–Trinajstić information content (AvgIpc) is 2.22. The molecule has 0 bridgehead atoms. The highest BCUT2D eigenvalue weighted by Crippen LogP contribution is 2.35. The number of benzene rings is 1. The van der Waals surface area contributed by atoms with Gasteiger partial charge < -0.3 is 10.1 Å². The fraction of sp³-hybridized carbons (Fsp3) is 0.538. The summed E-state index contributed by atoms with van der Waals surface area (Å²) in [6, 6.07) is 5.23. The molecule has 1 aromatic rings. The molecule has 0 unspecified atom stereocenters. The summed E-state index contributed by atoms with van der Waals surface area (Å²) in [4.78, 5) is 0. The van der Waals surface area contributed by atoms with Crippen molar-refractivity contribution < 1.29 is 17.9 Å². The molecule has 0 aliphatic heterocycles. The number of nitrogens with one attached hydrogen (secondary N) is 1. The molecule has 1 N–H and O–H groups in total. The van der Waals surface area contributed by atoms with E-state index in [-0.39, 0.29) is 17.9 Å². The van der Waals surface area contributed by atoms with E-state index >= 15 is 0 Å². The van der Waals surface area contributed by atoms with Gasteiger partial charge in [0.1, 0.15) is 12.4 Å². The molecule has 0 radical (unpaired) electrons. The Morgan fingerprint density at radius 3 is 2.28 bits per heavy atom. The molecule has 0 atom stereocenters. The molecule has 102 valence electrons. The van der Waals surface area contributed by atoms with Gasteiger partial charge in [0.25, 0.3) is 0 Å². The average molecular weight is 261 g/mol. The summed E-state index contributed by atoms with van der Waals surface area (Å²) in [7, 11) is 0. The van der Waals surface area contributed by atoms with Crippen LogP contribution in [0.3, 0.4) is 0 Å². The molecular formula is C13H18F3NO. The molecule has 1 rings (SSSR count). The quantitative estimate of drug-likeness (QED) is 0.838. The molecule has 0 heterocycles. The maximum atomic E-state index is 12.7. The normalized spacial score (nSPS) is 12.6. The zero-order chi connectivity index (χ0) is 13.8. The number of para-hydroxylation sites is 1. The molecule has 0 aliphatic carbocycles. The zero-order valence-corrected chi connectivity index (χ0v) is 10.8. The molecule has 0 aliphatic rings. The Balaban J connectivity index is 2.58. The van der Waals surface area contributed by atoms with Gasteiger partial charge >= 0.3 is 6.18 Å². The van der Waals surface area contributed by atoms with Crippen molar-refractivity contribution in [2.45, 2.75) is 32.5 Å². The molecule has 0 saturated carbocycles. The first-order valence-corrected chi connectivity index (χ1v) is 5.74. The van der Waals surface area contributed by atoms with Crippen LogP contribution in [0.15, 0.2) is 24.3 Å². The molecule has 0 saturated heterocycles. The molecule has 0 fully saturated rings. The fourth-order valence-corrected chi connectivity index (χ4v) is 1.41. The Morgan fingerprint density at radius 1 is 1.11 bits per heavy atom. The number of rotatable bonds is 4. The highest BCUT2D eigenvalue weighted by Gasteiger charge is 2.33. The molecule has 0 spiro atoms. The minimum atomic E-state index is -4.38. The van der Waals surface area contributed by atoms with E-state index in [4.69, 9.17) is 4.74 Å². The van der Waals surface area contributed by atoms with Crippen LogP contribution in [0.25, 0.3) is 0 Å². The predicted octanol–water partition coefficient (Wildman–Crippen LogP) is 3.47. The summed E-state index contributed by atoms with van der Waals surface area (Å²) in [5, 5.41) is 3.14. The van der Waals surface area contributed by atoms with Crippen molar-refractivity contribution in [1.82, 2.24) is 5.32 Å². The van der Waals surface area contributed by atoms with Gasteiger partial charge in [0.2, 0.25) is 0 Å². The standard InChI is InChI=1S/C13H18F3NO/c1-12(2,3)17-8-9-18-11-7-5-4-6-10(11)13(14,15)16/h4-7,17H,8-9H2,1-3H3. The third-order valence-corrected chi connectivity index (χ3v) is 2.21. The molecule has 0 aromatic heterocycles. The van der Waals surface area contributed by atoms with Crippen LogP contribution in [0.4, 0.5) is 13.2 Å². The number of halogens is 3. The summed E-state index contributed by atoms with van der Waals surface area (Å²) >= 11 is 0. The minimum Gasteiger partial charge on any atom is -0.492 e. The summed E-state index contributed by atoms with van der Waals surface area (Å²) in [6.07, 6.45) is -4.38. The lowest BCUT2D eigenvalue weighted by Gasteiger charge is -2.21. The predicted molar refractivity (Wildman–Crippen MR) is 64.7 cm³/mol. The van der Waals surface area contributed by atoms with Gasteiger partial charge in [-0.2, -0.15) is 13.2 Å². The number of alkyl halides is 3. The van der Waals surface area contributed by atoms with E-state index < -0.39 is 11.7 Å². The Bertz CT molecular complexity index is 383. The molecular weight excluding hydrogens is 243 g/mol. The van der Waals surface area contributed by atoms with Gasteiger partial charge in [-0.05, 0) is 32.9 Å². The number of ether oxygens (including phenoxy) is 1. The van der Waals surface area contributed by atoms with Gasteiger partial charge in [-0.1, -0.05) is 12.1 Å². The van der Waals surface area contributed by atoms with Crippen LogP contribution in [-0.2, 0) is 6.18 Å². The van der Waals surface area contributed by atoms with Crippen LogP contribution in [0.1, 0.15) is 26.3 Å². The smallest absolute Gasteiger partial charge is 0.419 e. The van der Waals surface area contributed by atoms with E-state index in [2.05, 4.69) is 5.32 Å². The van der Waals surface area contributed by atoms with Gasteiger partial charge in [-0.15, -0.1) is 0 Å². The molecule has 1 aromatic carbocycles. The summed E-state index contributed by atoms with van der Waals surface area (Å²) < 4.78 is 43.1. The van der Waals surface area contributed by atoms with Crippen molar-refractivity contribution in [3.8, 4) is 5.75 Å². The largest absolute Gasteiger partial charge is 0.492 e. The Hall–Kier alpha value is -1.23. The van der Waals surface area contributed by atoms with Crippen LogP contribution >= 0.6 is 0 Å². The second kappa shape index (κ2) is 5.61. The fourth-order valence-electron chi connectivity index (χ4n) is 1.41. The number of hydrogen-bond acceptors (Lipinski definition) is 2. The second-order valence-corrected chi connectivity index (χ2v) is 5.02. The van der Waals surface area contributed by atoms with Crippen LogP contribution in [0, 0.1) is 0 Å².